The minimum atomic E-state index is -1.27. The minimum absolute atomic E-state index is 0.153. The first-order valence-corrected chi connectivity index (χ1v) is 10.5. The van der Waals surface area contributed by atoms with E-state index in [1.165, 1.54) is 23.6 Å². The molecule has 5 heteroatoms. The first-order valence-electron chi connectivity index (χ1n) is 10.5. The van der Waals surface area contributed by atoms with E-state index in [1.54, 1.807) is 6.08 Å². The van der Waals surface area contributed by atoms with E-state index in [1.807, 2.05) is 13.0 Å². The van der Waals surface area contributed by atoms with Crippen LogP contribution in [-0.2, 0) is 19.1 Å². The Balaban J connectivity index is 1.82. The molecule has 5 atom stereocenters. The Kier molecular flexibility index (Phi) is 4.54. The van der Waals surface area contributed by atoms with Gasteiger partial charge in [0.25, 0.3) is 0 Å². The van der Waals surface area contributed by atoms with Gasteiger partial charge < -0.3 is 9.84 Å². The largest absolute Gasteiger partial charge is 0.451 e. The molecule has 0 saturated heterocycles. The number of esters is 1. The van der Waals surface area contributed by atoms with E-state index in [9.17, 15) is 19.5 Å². The standard InChI is InChI=1S/C24H30O5/c1-14-11-17-18(22(3)8-5-16(27)12-20(14)22)6-9-23(4)19(17)7-10-24(23,21(28)13-25)29-15(2)26/h5-6,8,17,19,25H,7,9-13H2,1-4H3/t17?,19?,22-,23+,24+/m1/s1. The third kappa shape index (κ3) is 2.59. The SMILES string of the molecule is CC(=O)O[C@]1(C(=O)CO)CCC2C3CC(C)=C4CC(=O)C=C[C@]4(C)C3=CC[C@@]21C. The molecule has 2 unspecified atom stereocenters. The first-order chi connectivity index (χ1) is 13.6. The molecule has 0 bridgehead atoms. The number of ketones is 2. The summed E-state index contributed by atoms with van der Waals surface area (Å²) in [4.78, 5) is 36.8. The molecule has 156 valence electrons. The van der Waals surface area contributed by atoms with Crippen molar-refractivity contribution in [3.05, 3.63) is 34.9 Å². The second-order valence-electron chi connectivity index (χ2n) is 9.68. The van der Waals surface area contributed by atoms with Crippen LogP contribution in [0, 0.1) is 22.7 Å². The molecule has 5 nitrogen and oxygen atoms in total. The van der Waals surface area contributed by atoms with Crippen molar-refractivity contribution in [2.45, 2.75) is 65.4 Å². The van der Waals surface area contributed by atoms with Crippen molar-refractivity contribution >= 4 is 17.5 Å². The number of hydrogen-bond donors (Lipinski definition) is 1. The fourth-order valence-electron chi connectivity index (χ4n) is 6.91. The van der Waals surface area contributed by atoms with Crippen LogP contribution < -0.4 is 0 Å². The summed E-state index contributed by atoms with van der Waals surface area (Å²) in [7, 11) is 0. The molecule has 4 rings (SSSR count). The Morgan fingerprint density at radius 2 is 2.03 bits per heavy atom. The van der Waals surface area contributed by atoms with Crippen LogP contribution in [0.3, 0.4) is 0 Å². The van der Waals surface area contributed by atoms with Crippen LogP contribution in [0.15, 0.2) is 34.9 Å². The van der Waals surface area contributed by atoms with Gasteiger partial charge >= 0.3 is 5.97 Å². The van der Waals surface area contributed by atoms with Crippen LogP contribution in [0.2, 0.25) is 0 Å². The molecular formula is C24H30O5. The summed E-state index contributed by atoms with van der Waals surface area (Å²) >= 11 is 0. The second-order valence-corrected chi connectivity index (χ2v) is 9.68. The lowest BCUT2D eigenvalue weighted by atomic mass is 9.51. The maximum absolute atomic E-state index is 12.9. The molecule has 1 N–H and O–H groups in total. The van der Waals surface area contributed by atoms with Crippen LogP contribution >= 0.6 is 0 Å². The smallest absolute Gasteiger partial charge is 0.303 e. The van der Waals surface area contributed by atoms with Crippen LogP contribution in [-0.4, -0.2) is 34.9 Å². The molecule has 0 aromatic rings. The number of Topliss-reactive ketones (excluding diaryl/α,β-unsaturated/α-hetero) is 1. The van der Waals surface area contributed by atoms with E-state index in [4.69, 9.17) is 4.74 Å². The highest BCUT2D eigenvalue weighted by atomic mass is 16.6. The van der Waals surface area contributed by atoms with Gasteiger partial charge in [0.15, 0.2) is 11.4 Å². The molecule has 0 heterocycles. The Bertz CT molecular complexity index is 893. The quantitative estimate of drug-likeness (QED) is 0.582. The van der Waals surface area contributed by atoms with Gasteiger partial charge in [0.1, 0.15) is 6.61 Å². The van der Waals surface area contributed by atoms with Crippen LogP contribution in [0.4, 0.5) is 0 Å². The van der Waals surface area contributed by atoms with E-state index >= 15 is 0 Å². The number of allylic oxidation sites excluding steroid dienone is 6. The number of rotatable bonds is 3. The summed E-state index contributed by atoms with van der Waals surface area (Å²) in [6.45, 7) is 7.07. The number of hydrogen-bond acceptors (Lipinski definition) is 5. The predicted octanol–water partition coefficient (Wildman–Crippen LogP) is 3.47. The number of fused-ring (bicyclic) bond motifs is 5. The molecule has 0 spiro atoms. The number of aliphatic hydroxyl groups excluding tert-OH is 1. The molecule has 0 amide bonds. The summed E-state index contributed by atoms with van der Waals surface area (Å²) in [5, 5.41) is 9.67. The highest BCUT2D eigenvalue weighted by Crippen LogP contribution is 2.66. The average molecular weight is 398 g/mol. The van der Waals surface area contributed by atoms with Crippen molar-refractivity contribution < 1.29 is 24.2 Å². The van der Waals surface area contributed by atoms with Crippen molar-refractivity contribution in [2.24, 2.45) is 22.7 Å². The normalized spacial score (nSPS) is 40.7. The van der Waals surface area contributed by atoms with Gasteiger partial charge in [-0.1, -0.05) is 30.2 Å². The van der Waals surface area contributed by atoms with Crippen molar-refractivity contribution in [3.8, 4) is 0 Å². The zero-order chi connectivity index (χ0) is 21.2. The Labute approximate surface area is 171 Å². The average Bonchev–Trinajstić information content (AvgIpc) is 2.95. The van der Waals surface area contributed by atoms with Gasteiger partial charge in [0, 0.05) is 24.2 Å². The summed E-state index contributed by atoms with van der Waals surface area (Å²) < 4.78 is 5.73. The molecule has 1 fully saturated rings. The van der Waals surface area contributed by atoms with E-state index < -0.39 is 29.4 Å². The highest BCUT2D eigenvalue weighted by molar-refractivity contribution is 5.94. The molecule has 4 aliphatic rings. The minimum Gasteiger partial charge on any atom is -0.451 e. The Hall–Kier alpha value is -2.01. The van der Waals surface area contributed by atoms with Gasteiger partial charge in [-0.2, -0.15) is 0 Å². The van der Waals surface area contributed by atoms with Gasteiger partial charge in [0.2, 0.25) is 5.78 Å². The predicted molar refractivity (Wildman–Crippen MR) is 108 cm³/mol. The Morgan fingerprint density at radius 3 is 2.69 bits per heavy atom. The number of carbonyl (C=O) groups is 3. The van der Waals surface area contributed by atoms with Gasteiger partial charge in [-0.05, 0) is 63.0 Å². The summed E-state index contributed by atoms with van der Waals surface area (Å²) in [6, 6.07) is 0. The first kappa shape index (κ1) is 20.3. The lowest BCUT2D eigenvalue weighted by molar-refractivity contribution is -0.182. The summed E-state index contributed by atoms with van der Waals surface area (Å²) in [5.74, 6) is -0.306. The van der Waals surface area contributed by atoms with Crippen molar-refractivity contribution in [2.75, 3.05) is 6.61 Å². The molecule has 0 aromatic carbocycles. The van der Waals surface area contributed by atoms with Crippen LogP contribution in [0.5, 0.6) is 0 Å². The van der Waals surface area contributed by atoms with Crippen molar-refractivity contribution in [1.29, 1.82) is 0 Å². The van der Waals surface area contributed by atoms with Crippen LogP contribution in [0.1, 0.15) is 59.8 Å². The van der Waals surface area contributed by atoms with Gasteiger partial charge in [0.05, 0.1) is 0 Å². The summed E-state index contributed by atoms with van der Waals surface area (Å²) in [5.41, 5.74) is 1.74. The topological polar surface area (TPSA) is 80.7 Å². The fourth-order valence-corrected chi connectivity index (χ4v) is 6.91. The molecule has 0 radical (unpaired) electrons. The summed E-state index contributed by atoms with van der Waals surface area (Å²) in [6.07, 6.45) is 9.16. The van der Waals surface area contributed by atoms with E-state index in [0.29, 0.717) is 19.3 Å². The monoisotopic (exact) mass is 398 g/mol. The third-order valence-electron chi connectivity index (χ3n) is 8.31. The lowest BCUT2D eigenvalue weighted by Gasteiger charge is -2.54. The van der Waals surface area contributed by atoms with E-state index in [2.05, 4.69) is 19.9 Å². The lowest BCUT2D eigenvalue weighted by Crippen LogP contribution is -2.57. The molecule has 4 aliphatic carbocycles. The van der Waals surface area contributed by atoms with Gasteiger partial charge in [-0.3, -0.25) is 14.4 Å². The number of ether oxygens (including phenoxy) is 1. The fraction of sp³-hybridized carbons (Fsp3) is 0.625. The number of carbonyl (C=O) groups excluding carboxylic acids is 3. The zero-order valence-electron chi connectivity index (χ0n) is 17.7. The van der Waals surface area contributed by atoms with Crippen molar-refractivity contribution in [3.63, 3.8) is 0 Å². The number of aliphatic hydroxyl groups is 1. The molecule has 0 aliphatic heterocycles. The van der Waals surface area contributed by atoms with Gasteiger partial charge in [-0.15, -0.1) is 0 Å². The van der Waals surface area contributed by atoms with E-state index in [0.717, 1.165) is 12.8 Å². The van der Waals surface area contributed by atoms with Gasteiger partial charge in [-0.25, -0.2) is 0 Å². The molecular weight excluding hydrogens is 368 g/mol. The zero-order valence-corrected chi connectivity index (χ0v) is 17.7. The third-order valence-corrected chi connectivity index (χ3v) is 8.31. The molecule has 1 saturated carbocycles. The highest BCUT2D eigenvalue weighted by Gasteiger charge is 2.66. The Morgan fingerprint density at radius 1 is 1.31 bits per heavy atom. The van der Waals surface area contributed by atoms with Crippen LogP contribution in [0.25, 0.3) is 0 Å². The second kappa shape index (κ2) is 6.49. The molecule has 29 heavy (non-hydrogen) atoms. The molecule has 0 aromatic heterocycles. The maximum Gasteiger partial charge on any atom is 0.303 e. The maximum atomic E-state index is 12.9. The van der Waals surface area contributed by atoms with Crippen molar-refractivity contribution in [1.82, 2.24) is 0 Å². The van der Waals surface area contributed by atoms with E-state index in [-0.39, 0.29) is 23.0 Å².